The van der Waals surface area contributed by atoms with Crippen LogP contribution in [0.5, 0.6) is 0 Å². The summed E-state index contributed by atoms with van der Waals surface area (Å²) < 4.78 is 32.2. The number of hydrogen-bond acceptors (Lipinski definition) is 6. The Hall–Kier alpha value is -2.10. The van der Waals surface area contributed by atoms with Crippen LogP contribution < -0.4 is 4.72 Å². The molecule has 21 heavy (non-hydrogen) atoms. The maximum atomic E-state index is 12.0. The molecule has 9 heteroatoms. The van der Waals surface area contributed by atoms with Gasteiger partial charge in [0.1, 0.15) is 0 Å². The highest BCUT2D eigenvalue weighted by Crippen LogP contribution is 2.14. The lowest BCUT2D eigenvalue weighted by Crippen LogP contribution is -2.22. The van der Waals surface area contributed by atoms with Crippen molar-refractivity contribution < 1.29 is 8.42 Å². The second kappa shape index (κ2) is 5.72. The van der Waals surface area contributed by atoms with E-state index in [-0.39, 0.29) is 10.8 Å². The van der Waals surface area contributed by atoms with Gasteiger partial charge >= 0.3 is 0 Å². The maximum Gasteiger partial charge on any atom is 0.251 e. The van der Waals surface area contributed by atoms with Crippen molar-refractivity contribution in [1.29, 1.82) is 0 Å². The standard InChI is InChI=1S/C12H11N5O2S2/c18-21(19,12-4-5-14-20-12)15-9-10-2-1-3-11(8-10)17-7-6-13-16-17/h1-8,15H,9H2. The van der Waals surface area contributed by atoms with E-state index in [0.29, 0.717) is 0 Å². The number of rotatable bonds is 5. The van der Waals surface area contributed by atoms with Crippen LogP contribution in [-0.4, -0.2) is 27.8 Å². The highest BCUT2D eigenvalue weighted by molar-refractivity contribution is 7.91. The van der Waals surface area contributed by atoms with Crippen molar-refractivity contribution in [2.75, 3.05) is 0 Å². The van der Waals surface area contributed by atoms with Crippen molar-refractivity contribution in [3.8, 4) is 5.69 Å². The van der Waals surface area contributed by atoms with Crippen LogP contribution in [0, 0.1) is 0 Å². The van der Waals surface area contributed by atoms with Gasteiger partial charge in [-0.3, -0.25) is 0 Å². The van der Waals surface area contributed by atoms with Crippen LogP contribution in [-0.2, 0) is 16.6 Å². The van der Waals surface area contributed by atoms with E-state index < -0.39 is 10.0 Å². The fraction of sp³-hybridized carbons (Fsp3) is 0.0833. The molecule has 3 aromatic rings. The van der Waals surface area contributed by atoms with Crippen LogP contribution in [0.1, 0.15) is 5.56 Å². The Bertz CT molecular complexity index is 813. The van der Waals surface area contributed by atoms with Gasteiger partial charge in [0.15, 0.2) is 4.21 Å². The van der Waals surface area contributed by atoms with E-state index in [2.05, 4.69) is 19.4 Å². The van der Waals surface area contributed by atoms with Gasteiger partial charge in [0, 0.05) is 12.7 Å². The van der Waals surface area contributed by atoms with Crippen LogP contribution >= 0.6 is 11.5 Å². The second-order valence-electron chi connectivity index (χ2n) is 4.17. The predicted molar refractivity (Wildman–Crippen MR) is 77.5 cm³/mol. The summed E-state index contributed by atoms with van der Waals surface area (Å²) in [7, 11) is -3.51. The summed E-state index contributed by atoms with van der Waals surface area (Å²) in [6.07, 6.45) is 4.77. The number of aromatic nitrogens is 4. The Morgan fingerprint density at radius 3 is 2.86 bits per heavy atom. The van der Waals surface area contributed by atoms with Crippen LogP contribution in [0.3, 0.4) is 0 Å². The molecule has 0 spiro atoms. The second-order valence-corrected chi connectivity index (χ2v) is 7.00. The summed E-state index contributed by atoms with van der Waals surface area (Å²) in [5, 5.41) is 7.64. The highest BCUT2D eigenvalue weighted by atomic mass is 32.2. The zero-order valence-electron chi connectivity index (χ0n) is 10.7. The molecule has 108 valence electrons. The van der Waals surface area contributed by atoms with Gasteiger partial charge < -0.3 is 0 Å². The highest BCUT2D eigenvalue weighted by Gasteiger charge is 2.15. The third kappa shape index (κ3) is 3.15. The Balaban J connectivity index is 1.76. The molecule has 1 N–H and O–H groups in total. The van der Waals surface area contributed by atoms with Crippen molar-refractivity contribution in [1.82, 2.24) is 24.1 Å². The van der Waals surface area contributed by atoms with Gasteiger partial charge in [-0.2, -0.15) is 4.37 Å². The van der Waals surface area contributed by atoms with Gasteiger partial charge in [0.05, 0.1) is 18.1 Å². The molecular weight excluding hydrogens is 310 g/mol. The lowest BCUT2D eigenvalue weighted by molar-refractivity contribution is 0.583. The molecule has 3 rings (SSSR count). The van der Waals surface area contributed by atoms with E-state index in [4.69, 9.17) is 0 Å². The van der Waals surface area contributed by atoms with Crippen LogP contribution in [0.15, 0.2) is 53.1 Å². The molecule has 0 aliphatic rings. The minimum Gasteiger partial charge on any atom is -0.221 e. The first kappa shape index (κ1) is 13.9. The largest absolute Gasteiger partial charge is 0.251 e. The fourth-order valence-corrected chi connectivity index (χ4v) is 3.53. The van der Waals surface area contributed by atoms with Crippen LogP contribution in [0.2, 0.25) is 0 Å². The van der Waals surface area contributed by atoms with Gasteiger partial charge in [-0.15, -0.1) is 5.10 Å². The summed E-state index contributed by atoms with van der Waals surface area (Å²) >= 11 is 0.943. The first-order valence-electron chi connectivity index (χ1n) is 6.01. The van der Waals surface area contributed by atoms with E-state index in [1.165, 1.54) is 12.3 Å². The van der Waals surface area contributed by atoms with Crippen molar-refractivity contribution in [2.45, 2.75) is 10.8 Å². The molecule has 0 bridgehead atoms. The molecule has 0 fully saturated rings. The van der Waals surface area contributed by atoms with Gasteiger partial charge in [-0.05, 0) is 35.3 Å². The average Bonchev–Trinajstić information content (AvgIpc) is 3.18. The average molecular weight is 321 g/mol. The van der Waals surface area contributed by atoms with Gasteiger partial charge in [0.2, 0.25) is 0 Å². The smallest absolute Gasteiger partial charge is 0.221 e. The number of benzene rings is 1. The van der Waals surface area contributed by atoms with Crippen molar-refractivity contribution in [3.05, 3.63) is 54.5 Å². The van der Waals surface area contributed by atoms with Crippen molar-refractivity contribution in [2.24, 2.45) is 0 Å². The number of hydrogen-bond donors (Lipinski definition) is 1. The lowest BCUT2D eigenvalue weighted by atomic mass is 10.2. The molecule has 0 aliphatic heterocycles. The first-order chi connectivity index (χ1) is 10.1. The summed E-state index contributed by atoms with van der Waals surface area (Å²) in [5.41, 5.74) is 1.65. The molecule has 0 radical (unpaired) electrons. The number of nitrogens with one attached hydrogen (secondary N) is 1. The van der Waals surface area contributed by atoms with Gasteiger partial charge in [-0.25, -0.2) is 17.8 Å². The number of sulfonamides is 1. The third-order valence-corrected chi connectivity index (χ3v) is 5.36. The Kier molecular flexibility index (Phi) is 3.78. The van der Waals surface area contributed by atoms with Crippen molar-refractivity contribution in [3.63, 3.8) is 0 Å². The van der Waals surface area contributed by atoms with Gasteiger partial charge in [-0.1, -0.05) is 17.3 Å². The maximum absolute atomic E-state index is 12.0. The molecular formula is C12H11N5O2S2. The zero-order chi connectivity index (χ0) is 14.7. The molecule has 0 unspecified atom stereocenters. The summed E-state index contributed by atoms with van der Waals surface area (Å²) in [6.45, 7) is 0.197. The van der Waals surface area contributed by atoms with Gasteiger partial charge in [0.25, 0.3) is 10.0 Å². The molecule has 0 saturated heterocycles. The van der Waals surface area contributed by atoms with Crippen LogP contribution in [0.4, 0.5) is 0 Å². The normalized spacial score (nSPS) is 11.6. The monoisotopic (exact) mass is 321 g/mol. The number of nitrogens with zero attached hydrogens (tertiary/aromatic N) is 4. The Labute approximate surface area is 125 Å². The first-order valence-corrected chi connectivity index (χ1v) is 8.27. The molecule has 0 amide bonds. The molecule has 0 atom stereocenters. The lowest BCUT2D eigenvalue weighted by Gasteiger charge is -2.06. The predicted octanol–water partition coefficient (Wildman–Crippen LogP) is 1.20. The quantitative estimate of drug-likeness (QED) is 0.762. The SMILES string of the molecule is O=S(=O)(NCc1cccc(-n2ccnn2)c1)c1ccns1. The minimum absolute atomic E-state index is 0.197. The molecule has 7 nitrogen and oxygen atoms in total. The molecule has 1 aromatic carbocycles. The minimum atomic E-state index is -3.51. The van der Waals surface area contributed by atoms with E-state index in [9.17, 15) is 8.42 Å². The fourth-order valence-electron chi connectivity index (χ4n) is 1.75. The van der Waals surface area contributed by atoms with E-state index >= 15 is 0 Å². The Morgan fingerprint density at radius 2 is 2.14 bits per heavy atom. The van der Waals surface area contributed by atoms with Crippen molar-refractivity contribution >= 4 is 21.6 Å². The molecule has 2 heterocycles. The summed E-state index contributed by atoms with van der Waals surface area (Å²) in [4.78, 5) is 0. The molecule has 2 aromatic heterocycles. The van der Waals surface area contributed by atoms with E-state index in [1.807, 2.05) is 24.3 Å². The van der Waals surface area contributed by atoms with E-state index in [1.54, 1.807) is 17.1 Å². The van der Waals surface area contributed by atoms with Crippen LogP contribution in [0.25, 0.3) is 5.69 Å². The Morgan fingerprint density at radius 1 is 1.24 bits per heavy atom. The molecule has 0 saturated carbocycles. The summed E-state index contributed by atoms with van der Waals surface area (Å²) in [5.74, 6) is 0. The summed E-state index contributed by atoms with van der Waals surface area (Å²) in [6, 6.07) is 8.88. The third-order valence-electron chi connectivity index (χ3n) is 2.74. The van der Waals surface area contributed by atoms with E-state index in [0.717, 1.165) is 22.8 Å². The molecule has 0 aliphatic carbocycles. The topological polar surface area (TPSA) is 89.8 Å². The zero-order valence-corrected chi connectivity index (χ0v) is 12.4.